The Bertz CT molecular complexity index is 1200. The maximum Gasteiger partial charge on any atom is 0.227 e. The van der Waals surface area contributed by atoms with Gasteiger partial charge in [-0.1, -0.05) is 25.2 Å². The van der Waals surface area contributed by atoms with E-state index >= 15 is 0 Å². The highest BCUT2D eigenvalue weighted by Crippen LogP contribution is 2.27. The average molecular weight is 456 g/mol. The van der Waals surface area contributed by atoms with Gasteiger partial charge in [-0.25, -0.2) is 24.0 Å². The second-order valence-electron chi connectivity index (χ2n) is 7.25. The number of halogens is 1. The van der Waals surface area contributed by atoms with E-state index in [4.69, 9.17) is 0 Å². The quantitative estimate of drug-likeness (QED) is 0.499. The lowest BCUT2D eigenvalue weighted by atomic mass is 10.3. The van der Waals surface area contributed by atoms with Crippen molar-refractivity contribution in [2.24, 2.45) is 0 Å². The lowest BCUT2D eigenvalue weighted by molar-refractivity contribution is 0.311. The van der Waals surface area contributed by atoms with E-state index in [1.165, 1.54) is 22.2 Å². The number of anilines is 3. The molecule has 4 aromatic rings. The topological polar surface area (TPSA) is 87.9 Å². The highest BCUT2D eigenvalue weighted by Gasteiger charge is 2.17. The molecule has 1 aliphatic rings. The molecule has 0 radical (unpaired) electrons. The first-order chi connectivity index (χ1) is 15.5. The summed E-state index contributed by atoms with van der Waals surface area (Å²) >= 11 is 1.40. The molecule has 0 bridgehead atoms. The van der Waals surface area contributed by atoms with E-state index in [0.717, 1.165) is 54.2 Å². The summed E-state index contributed by atoms with van der Waals surface area (Å²) in [6.07, 6.45) is 4.20. The van der Waals surface area contributed by atoms with E-state index in [0.29, 0.717) is 16.8 Å². The number of likely N-dealkylation sites (N-methyl/N-ethyl adjacent to an activating group) is 1. The molecule has 32 heavy (non-hydrogen) atoms. The summed E-state index contributed by atoms with van der Waals surface area (Å²) in [7, 11) is 2.12. The fourth-order valence-electron chi connectivity index (χ4n) is 3.29. The van der Waals surface area contributed by atoms with Crippen molar-refractivity contribution >= 4 is 39.1 Å². The zero-order valence-electron chi connectivity index (χ0n) is 18.6. The summed E-state index contributed by atoms with van der Waals surface area (Å²) in [4.78, 5) is 22.8. The standard InChI is InChI=1S/C19H20FN9S.C2H6/c1-12-7-17(26-18(23-12)28-5-3-27(2)4-6-28)25-16-8-14-15(10-21-16)30-19(24-14)29-11-13(20)9-22-29;1-2/h7-11H,3-6H2,1-2H3,(H,21,23,25,26);1-2H3. The first kappa shape index (κ1) is 22.0. The number of pyridine rings is 1. The molecule has 9 nitrogen and oxygen atoms in total. The molecule has 1 aliphatic heterocycles. The van der Waals surface area contributed by atoms with Crippen LogP contribution >= 0.6 is 11.3 Å². The monoisotopic (exact) mass is 455 g/mol. The largest absolute Gasteiger partial charge is 0.338 e. The lowest BCUT2D eigenvalue weighted by Gasteiger charge is -2.32. The third-order valence-electron chi connectivity index (χ3n) is 4.90. The number of fused-ring (bicyclic) bond motifs is 1. The summed E-state index contributed by atoms with van der Waals surface area (Å²) in [6, 6.07) is 3.74. The third kappa shape index (κ3) is 4.83. The number of thiazole rings is 1. The van der Waals surface area contributed by atoms with Crippen molar-refractivity contribution in [2.75, 3.05) is 43.4 Å². The van der Waals surface area contributed by atoms with Gasteiger partial charge in [0.2, 0.25) is 11.1 Å². The van der Waals surface area contributed by atoms with Gasteiger partial charge in [0.15, 0.2) is 5.82 Å². The van der Waals surface area contributed by atoms with Gasteiger partial charge in [-0.05, 0) is 14.0 Å². The van der Waals surface area contributed by atoms with Gasteiger partial charge in [-0.3, -0.25) is 0 Å². The molecule has 0 spiro atoms. The summed E-state index contributed by atoms with van der Waals surface area (Å²) in [5.41, 5.74) is 1.65. The van der Waals surface area contributed by atoms with Crippen LogP contribution in [0.5, 0.6) is 0 Å². The molecule has 1 fully saturated rings. The SMILES string of the molecule is CC.Cc1cc(Nc2cc3nc(-n4cc(F)cn4)sc3cn2)nc(N2CCN(C)CC2)n1. The summed E-state index contributed by atoms with van der Waals surface area (Å²) in [5, 5.41) is 7.82. The van der Waals surface area contributed by atoms with E-state index < -0.39 is 5.82 Å². The minimum atomic E-state index is -0.398. The van der Waals surface area contributed by atoms with Gasteiger partial charge in [0.25, 0.3) is 0 Å². The molecule has 0 aliphatic carbocycles. The predicted octanol–water partition coefficient (Wildman–Crippen LogP) is 3.64. The van der Waals surface area contributed by atoms with Crippen molar-refractivity contribution in [3.63, 3.8) is 0 Å². The normalized spacial score (nSPS) is 14.3. The number of rotatable bonds is 4. The van der Waals surface area contributed by atoms with E-state index in [-0.39, 0.29) is 0 Å². The van der Waals surface area contributed by atoms with Crippen molar-refractivity contribution in [1.29, 1.82) is 0 Å². The number of nitrogens with zero attached hydrogens (tertiary/aromatic N) is 8. The summed E-state index contributed by atoms with van der Waals surface area (Å²) in [5.74, 6) is 1.65. The van der Waals surface area contributed by atoms with E-state index in [2.05, 4.69) is 47.2 Å². The third-order valence-corrected chi connectivity index (χ3v) is 5.89. The number of nitrogens with one attached hydrogen (secondary N) is 1. The van der Waals surface area contributed by atoms with Crippen molar-refractivity contribution < 1.29 is 4.39 Å². The molecule has 0 amide bonds. The van der Waals surface area contributed by atoms with Crippen LogP contribution in [0.4, 0.5) is 22.0 Å². The Morgan fingerprint density at radius 3 is 2.50 bits per heavy atom. The maximum absolute atomic E-state index is 13.2. The van der Waals surface area contributed by atoms with Crippen LogP contribution in [0.15, 0.2) is 30.7 Å². The van der Waals surface area contributed by atoms with E-state index in [9.17, 15) is 4.39 Å². The molecule has 0 aromatic carbocycles. The second kappa shape index (κ2) is 9.53. The van der Waals surface area contributed by atoms with Gasteiger partial charge < -0.3 is 15.1 Å². The Balaban J connectivity index is 0.00000119. The minimum absolute atomic E-state index is 0.398. The molecule has 1 saturated heterocycles. The Labute approximate surface area is 190 Å². The molecule has 0 saturated carbocycles. The number of aromatic nitrogens is 6. The van der Waals surface area contributed by atoms with Crippen LogP contribution in [0.2, 0.25) is 0 Å². The van der Waals surface area contributed by atoms with Gasteiger partial charge in [-0.2, -0.15) is 10.1 Å². The Morgan fingerprint density at radius 2 is 1.78 bits per heavy atom. The Kier molecular flexibility index (Phi) is 6.56. The van der Waals surface area contributed by atoms with Gasteiger partial charge in [-0.15, -0.1) is 0 Å². The van der Waals surface area contributed by atoms with Crippen molar-refractivity contribution in [1.82, 2.24) is 34.6 Å². The van der Waals surface area contributed by atoms with Gasteiger partial charge >= 0.3 is 0 Å². The Morgan fingerprint density at radius 1 is 1.00 bits per heavy atom. The minimum Gasteiger partial charge on any atom is -0.338 e. The van der Waals surface area contributed by atoms with Gasteiger partial charge in [0.05, 0.1) is 22.6 Å². The van der Waals surface area contributed by atoms with Crippen LogP contribution < -0.4 is 10.2 Å². The Hall–Kier alpha value is -3.18. The number of hydrogen-bond acceptors (Lipinski definition) is 9. The molecular weight excluding hydrogens is 429 g/mol. The maximum atomic E-state index is 13.2. The van der Waals surface area contributed by atoms with Crippen LogP contribution in [0.25, 0.3) is 15.3 Å². The van der Waals surface area contributed by atoms with Crippen LogP contribution in [0.1, 0.15) is 19.5 Å². The zero-order valence-corrected chi connectivity index (χ0v) is 19.4. The summed E-state index contributed by atoms with van der Waals surface area (Å²) < 4.78 is 15.6. The van der Waals surface area contributed by atoms with Crippen LogP contribution in [0.3, 0.4) is 0 Å². The fourth-order valence-corrected chi connectivity index (χ4v) is 4.14. The number of hydrogen-bond donors (Lipinski definition) is 1. The highest BCUT2D eigenvalue weighted by atomic mass is 32.1. The van der Waals surface area contributed by atoms with Crippen molar-refractivity contribution in [3.05, 3.63) is 42.2 Å². The summed E-state index contributed by atoms with van der Waals surface area (Å²) in [6.45, 7) is 9.74. The van der Waals surface area contributed by atoms with Crippen molar-refractivity contribution in [2.45, 2.75) is 20.8 Å². The second-order valence-corrected chi connectivity index (χ2v) is 8.26. The number of aryl methyl sites for hydroxylation is 1. The molecule has 5 rings (SSSR count). The molecule has 4 aromatic heterocycles. The fraction of sp³-hybridized carbons (Fsp3) is 0.381. The molecule has 1 N–H and O–H groups in total. The molecule has 11 heteroatoms. The molecule has 168 valence electrons. The zero-order chi connectivity index (χ0) is 22.7. The van der Waals surface area contributed by atoms with Gasteiger partial charge in [0.1, 0.15) is 11.6 Å². The lowest BCUT2D eigenvalue weighted by Crippen LogP contribution is -2.45. The van der Waals surface area contributed by atoms with Crippen LogP contribution in [-0.4, -0.2) is 67.8 Å². The highest BCUT2D eigenvalue weighted by molar-refractivity contribution is 7.20. The number of piperazine rings is 1. The van der Waals surface area contributed by atoms with E-state index in [1.54, 1.807) is 6.20 Å². The van der Waals surface area contributed by atoms with Gasteiger partial charge in [0, 0.05) is 50.2 Å². The van der Waals surface area contributed by atoms with E-state index in [1.807, 2.05) is 32.9 Å². The van der Waals surface area contributed by atoms with Crippen LogP contribution in [0, 0.1) is 12.7 Å². The predicted molar refractivity (Wildman–Crippen MR) is 126 cm³/mol. The molecular formula is C21H26FN9S. The molecule has 0 atom stereocenters. The van der Waals surface area contributed by atoms with Crippen LogP contribution in [-0.2, 0) is 0 Å². The van der Waals surface area contributed by atoms with Crippen molar-refractivity contribution in [3.8, 4) is 5.13 Å². The first-order valence-electron chi connectivity index (χ1n) is 10.6. The first-order valence-corrected chi connectivity index (χ1v) is 11.4. The molecule has 5 heterocycles. The average Bonchev–Trinajstić information content (AvgIpc) is 3.41. The smallest absolute Gasteiger partial charge is 0.227 e. The molecule has 0 unspecified atom stereocenters.